The Kier molecular flexibility index (Phi) is 32.4. The van der Waals surface area contributed by atoms with Gasteiger partial charge in [-0.2, -0.15) is 0 Å². The maximum absolute atomic E-state index is 13.0. The van der Waals surface area contributed by atoms with Crippen molar-refractivity contribution in [2.24, 2.45) is 0 Å². The molecule has 1 saturated carbocycles. The SMILES string of the molecule is CCCCCCCCCCCCCCCCCCCC(O)CC(=O)NC(COP(=O)(O)OC1C(O)C(O)C(O)C(O)C1O)C(O)CCCCCCCCCCCC. The van der Waals surface area contributed by atoms with Crippen LogP contribution < -0.4 is 5.32 Å². The highest BCUT2D eigenvalue weighted by atomic mass is 31.2. The molecule has 1 aliphatic carbocycles. The van der Waals surface area contributed by atoms with Crippen LogP contribution >= 0.6 is 7.82 Å². The van der Waals surface area contributed by atoms with Gasteiger partial charge in [0.2, 0.25) is 5.91 Å². The Morgan fingerprint density at radius 1 is 0.544 bits per heavy atom. The Balaban J connectivity index is 2.47. The van der Waals surface area contributed by atoms with E-state index in [2.05, 4.69) is 19.2 Å². The van der Waals surface area contributed by atoms with Crippen LogP contribution in [0.1, 0.15) is 206 Å². The van der Waals surface area contributed by atoms with Gasteiger partial charge in [0.05, 0.1) is 31.3 Å². The number of nitrogens with one attached hydrogen (secondary N) is 1. The van der Waals surface area contributed by atoms with E-state index in [1.807, 2.05) is 0 Å². The van der Waals surface area contributed by atoms with Crippen molar-refractivity contribution in [1.82, 2.24) is 5.32 Å². The molecular formula is C43H86NO12P. The van der Waals surface area contributed by atoms with E-state index in [1.165, 1.54) is 116 Å². The lowest BCUT2D eigenvalue weighted by Crippen LogP contribution is -2.64. The van der Waals surface area contributed by atoms with Crippen molar-refractivity contribution in [2.45, 2.75) is 261 Å². The standard InChI is InChI=1S/C43H86NO12P/c1-3-5-7-9-11-13-15-16-17-18-19-20-21-22-24-26-28-30-34(45)32-37(47)44-35(36(46)31-29-27-25-23-14-12-10-8-6-4-2)33-55-57(53,54)56-43-41(51)39(49)38(48)40(50)42(43)52/h34-36,38-43,45-46,48-52H,3-33H2,1-2H3,(H,44,47)(H,53,54). The highest BCUT2D eigenvalue weighted by Gasteiger charge is 2.51. The Labute approximate surface area is 345 Å². The third kappa shape index (κ3) is 26.3. The molecule has 8 unspecified atom stereocenters. The maximum Gasteiger partial charge on any atom is 0.472 e. The van der Waals surface area contributed by atoms with Crippen LogP contribution in [0.2, 0.25) is 0 Å². The minimum Gasteiger partial charge on any atom is -0.393 e. The zero-order valence-electron chi connectivity index (χ0n) is 35.8. The number of rotatable bonds is 38. The number of unbranched alkanes of at least 4 members (excludes halogenated alkanes) is 25. The van der Waals surface area contributed by atoms with Crippen LogP contribution in [-0.2, 0) is 18.4 Å². The molecule has 1 aliphatic rings. The number of carbonyl (C=O) groups is 1. The van der Waals surface area contributed by atoms with E-state index in [-0.39, 0.29) is 12.8 Å². The van der Waals surface area contributed by atoms with E-state index in [4.69, 9.17) is 9.05 Å². The van der Waals surface area contributed by atoms with Crippen molar-refractivity contribution in [3.63, 3.8) is 0 Å². The van der Waals surface area contributed by atoms with Gasteiger partial charge < -0.3 is 46.0 Å². The van der Waals surface area contributed by atoms with Gasteiger partial charge in [-0.3, -0.25) is 13.8 Å². The maximum atomic E-state index is 13.0. The Morgan fingerprint density at radius 3 is 1.26 bits per heavy atom. The summed E-state index contributed by atoms with van der Waals surface area (Å²) in [5.74, 6) is -0.558. The first-order valence-electron chi connectivity index (χ1n) is 23.1. The first kappa shape index (κ1) is 54.3. The Hall–Kier alpha value is -0.700. The minimum absolute atomic E-state index is 0.216. The fourth-order valence-corrected chi connectivity index (χ4v) is 8.62. The molecule has 0 spiro atoms. The molecule has 14 heteroatoms. The van der Waals surface area contributed by atoms with Crippen LogP contribution in [0, 0.1) is 0 Å². The summed E-state index contributed by atoms with van der Waals surface area (Å²) in [6, 6.07) is -1.15. The molecule has 0 heterocycles. The van der Waals surface area contributed by atoms with Gasteiger partial charge in [0.1, 0.15) is 36.6 Å². The molecule has 1 rings (SSSR count). The minimum atomic E-state index is -5.11. The lowest BCUT2D eigenvalue weighted by molar-refractivity contribution is -0.220. The molecule has 9 N–H and O–H groups in total. The topological polar surface area (TPSA) is 226 Å². The van der Waals surface area contributed by atoms with Gasteiger partial charge in [-0.25, -0.2) is 4.57 Å². The van der Waals surface area contributed by atoms with Crippen LogP contribution in [0.5, 0.6) is 0 Å². The molecule has 1 amide bonds. The first-order valence-corrected chi connectivity index (χ1v) is 24.6. The molecule has 0 saturated heterocycles. The van der Waals surface area contributed by atoms with Gasteiger partial charge in [-0.1, -0.05) is 187 Å². The third-order valence-electron chi connectivity index (χ3n) is 11.5. The second-order valence-electron chi connectivity index (χ2n) is 16.8. The average molecular weight is 840 g/mol. The zero-order chi connectivity index (χ0) is 42.3. The molecule has 0 bridgehead atoms. The summed E-state index contributed by atoms with van der Waals surface area (Å²) < 4.78 is 22.9. The van der Waals surface area contributed by atoms with E-state index >= 15 is 0 Å². The smallest absolute Gasteiger partial charge is 0.393 e. The van der Waals surface area contributed by atoms with Crippen LogP contribution in [0.25, 0.3) is 0 Å². The molecule has 57 heavy (non-hydrogen) atoms. The van der Waals surface area contributed by atoms with Gasteiger partial charge in [0.15, 0.2) is 0 Å². The first-order chi connectivity index (χ1) is 27.3. The second kappa shape index (κ2) is 34.0. The van der Waals surface area contributed by atoms with Crippen molar-refractivity contribution >= 4 is 13.7 Å². The quantitative estimate of drug-likeness (QED) is 0.0221. The zero-order valence-corrected chi connectivity index (χ0v) is 36.7. The summed E-state index contributed by atoms with van der Waals surface area (Å²) in [5, 5.41) is 74.4. The van der Waals surface area contributed by atoms with Crippen molar-refractivity contribution < 1.29 is 59.0 Å². The summed E-state index contributed by atoms with van der Waals surface area (Å²) in [7, 11) is -5.11. The predicted octanol–water partition coefficient (Wildman–Crippen LogP) is 7.26. The van der Waals surface area contributed by atoms with Crippen molar-refractivity contribution in [3.05, 3.63) is 0 Å². The fourth-order valence-electron chi connectivity index (χ4n) is 7.66. The summed E-state index contributed by atoms with van der Waals surface area (Å²) >= 11 is 0. The van der Waals surface area contributed by atoms with Crippen molar-refractivity contribution in [1.29, 1.82) is 0 Å². The van der Waals surface area contributed by atoms with Crippen molar-refractivity contribution in [2.75, 3.05) is 6.61 Å². The monoisotopic (exact) mass is 840 g/mol. The molecular weight excluding hydrogens is 753 g/mol. The molecule has 0 radical (unpaired) electrons. The molecule has 0 aromatic carbocycles. The van der Waals surface area contributed by atoms with E-state index in [0.717, 1.165) is 51.4 Å². The Bertz CT molecular complexity index is 995. The summed E-state index contributed by atoms with van der Waals surface area (Å²) in [6.07, 6.45) is 18.8. The van der Waals surface area contributed by atoms with Crippen molar-refractivity contribution in [3.8, 4) is 0 Å². The number of hydrogen-bond donors (Lipinski definition) is 9. The van der Waals surface area contributed by atoms with E-state index < -0.39 is 75.2 Å². The molecule has 1 fully saturated rings. The fraction of sp³-hybridized carbons (Fsp3) is 0.977. The molecule has 340 valence electrons. The highest BCUT2D eigenvalue weighted by molar-refractivity contribution is 7.47. The number of amides is 1. The summed E-state index contributed by atoms with van der Waals surface area (Å²) in [6.45, 7) is 3.77. The number of aliphatic hydroxyl groups is 7. The van der Waals surface area contributed by atoms with E-state index in [9.17, 15) is 50.0 Å². The lowest BCUT2D eigenvalue weighted by atomic mass is 9.85. The third-order valence-corrected chi connectivity index (χ3v) is 12.5. The number of hydrogen-bond acceptors (Lipinski definition) is 11. The number of aliphatic hydroxyl groups excluding tert-OH is 7. The van der Waals surface area contributed by atoms with Crippen LogP contribution in [-0.4, -0.2) is 108 Å². The number of carbonyl (C=O) groups excluding carboxylic acids is 1. The van der Waals surface area contributed by atoms with Gasteiger partial charge in [0, 0.05) is 0 Å². The van der Waals surface area contributed by atoms with Crippen LogP contribution in [0.4, 0.5) is 0 Å². The molecule has 0 aromatic heterocycles. The largest absolute Gasteiger partial charge is 0.472 e. The van der Waals surface area contributed by atoms with E-state index in [0.29, 0.717) is 12.8 Å². The molecule has 13 nitrogen and oxygen atoms in total. The van der Waals surface area contributed by atoms with Gasteiger partial charge in [-0.15, -0.1) is 0 Å². The normalized spacial score (nSPS) is 23.9. The predicted molar refractivity (Wildman–Crippen MR) is 224 cm³/mol. The van der Waals surface area contributed by atoms with Gasteiger partial charge in [0.25, 0.3) is 0 Å². The molecule has 8 atom stereocenters. The lowest BCUT2D eigenvalue weighted by Gasteiger charge is -2.41. The summed E-state index contributed by atoms with van der Waals surface area (Å²) in [5.41, 5.74) is 0. The second-order valence-corrected chi connectivity index (χ2v) is 18.2. The summed E-state index contributed by atoms with van der Waals surface area (Å²) in [4.78, 5) is 23.4. The highest BCUT2D eigenvalue weighted by Crippen LogP contribution is 2.47. The molecule has 0 aromatic rings. The van der Waals surface area contributed by atoms with Crippen LogP contribution in [0.3, 0.4) is 0 Å². The van der Waals surface area contributed by atoms with Crippen LogP contribution in [0.15, 0.2) is 0 Å². The number of phosphoric ester groups is 1. The number of phosphoric acid groups is 1. The van der Waals surface area contributed by atoms with E-state index in [1.54, 1.807) is 0 Å². The Morgan fingerprint density at radius 2 is 0.877 bits per heavy atom. The van der Waals surface area contributed by atoms with Gasteiger partial charge in [-0.05, 0) is 12.8 Å². The average Bonchev–Trinajstić information content (AvgIpc) is 3.18. The van der Waals surface area contributed by atoms with Gasteiger partial charge >= 0.3 is 7.82 Å². The molecule has 0 aliphatic heterocycles.